The zero-order valence-corrected chi connectivity index (χ0v) is 15.5. The lowest BCUT2D eigenvalue weighted by atomic mass is 10.2. The third-order valence-electron chi connectivity index (χ3n) is 2.94. The molecule has 0 aliphatic heterocycles. The Labute approximate surface area is 144 Å². The summed E-state index contributed by atoms with van der Waals surface area (Å²) in [5.41, 5.74) is 0.0245. The van der Waals surface area contributed by atoms with Gasteiger partial charge in [-0.05, 0) is 54.5 Å². The third-order valence-corrected chi connectivity index (χ3v) is 5.04. The first-order chi connectivity index (χ1) is 10.7. The van der Waals surface area contributed by atoms with Gasteiger partial charge in [-0.25, -0.2) is 17.9 Å². The first kappa shape index (κ1) is 19.6. The number of nitrogens with one attached hydrogen (secondary N) is 2. The molecule has 0 saturated heterocycles. The van der Waals surface area contributed by atoms with E-state index in [1.165, 1.54) is 32.2 Å². The van der Waals surface area contributed by atoms with Gasteiger partial charge < -0.3 is 10.1 Å². The van der Waals surface area contributed by atoms with Crippen LogP contribution in [0.25, 0.3) is 0 Å². The lowest BCUT2D eigenvalue weighted by molar-refractivity contribution is -0.129. The lowest BCUT2D eigenvalue weighted by Gasteiger charge is -2.14. The van der Waals surface area contributed by atoms with Crippen molar-refractivity contribution in [2.45, 2.75) is 31.3 Å². The van der Waals surface area contributed by atoms with E-state index in [2.05, 4.69) is 26.0 Å². The molecule has 128 valence electrons. The molecule has 0 radical (unpaired) electrons. The molecule has 0 bridgehead atoms. The number of carbonyl (C=O) groups is 2. The van der Waals surface area contributed by atoms with Crippen LogP contribution in [0.15, 0.2) is 27.6 Å². The Bertz CT molecular complexity index is 690. The van der Waals surface area contributed by atoms with Gasteiger partial charge >= 0.3 is 5.97 Å². The van der Waals surface area contributed by atoms with Crippen molar-refractivity contribution in [1.29, 1.82) is 0 Å². The topological polar surface area (TPSA) is 102 Å². The fourth-order valence-corrected chi connectivity index (χ4v) is 2.78. The predicted octanol–water partition coefficient (Wildman–Crippen LogP) is 1.43. The highest BCUT2D eigenvalue weighted by atomic mass is 79.9. The maximum Gasteiger partial charge on any atom is 0.340 e. The molecular formula is C14H19BrN2O5S. The molecule has 0 unspecified atom stereocenters. The number of rotatable bonds is 7. The van der Waals surface area contributed by atoms with Crippen LogP contribution in [0, 0.1) is 0 Å². The summed E-state index contributed by atoms with van der Waals surface area (Å²) >= 11 is 3.17. The molecule has 1 aromatic carbocycles. The van der Waals surface area contributed by atoms with E-state index in [0.29, 0.717) is 11.0 Å². The van der Waals surface area contributed by atoms with E-state index >= 15 is 0 Å². The van der Waals surface area contributed by atoms with Crippen molar-refractivity contribution < 1.29 is 22.7 Å². The first-order valence-electron chi connectivity index (χ1n) is 6.94. The smallest absolute Gasteiger partial charge is 0.340 e. The van der Waals surface area contributed by atoms with Gasteiger partial charge in [-0.1, -0.05) is 6.92 Å². The lowest BCUT2D eigenvalue weighted by Crippen LogP contribution is -2.36. The minimum atomic E-state index is -3.69. The molecule has 0 aliphatic rings. The van der Waals surface area contributed by atoms with Crippen molar-refractivity contribution in [2.24, 2.45) is 0 Å². The van der Waals surface area contributed by atoms with Gasteiger partial charge in [0.05, 0.1) is 10.5 Å². The Balaban J connectivity index is 2.96. The minimum Gasteiger partial charge on any atom is -0.449 e. The van der Waals surface area contributed by atoms with Crippen LogP contribution in [-0.2, 0) is 19.6 Å². The second-order valence-electron chi connectivity index (χ2n) is 4.69. The average molecular weight is 407 g/mol. The summed E-state index contributed by atoms with van der Waals surface area (Å²) in [4.78, 5) is 23.8. The van der Waals surface area contributed by atoms with Crippen molar-refractivity contribution >= 4 is 37.8 Å². The number of ether oxygens (including phenoxy) is 1. The number of hydrogen-bond donors (Lipinski definition) is 2. The minimum absolute atomic E-state index is 0.0245. The average Bonchev–Trinajstić information content (AvgIpc) is 2.52. The second kappa shape index (κ2) is 8.42. The van der Waals surface area contributed by atoms with Crippen LogP contribution in [0.5, 0.6) is 0 Å². The van der Waals surface area contributed by atoms with Crippen LogP contribution in [0.1, 0.15) is 30.6 Å². The van der Waals surface area contributed by atoms with Gasteiger partial charge in [-0.3, -0.25) is 4.79 Å². The number of esters is 1. The fraction of sp³-hybridized carbons (Fsp3) is 0.429. The van der Waals surface area contributed by atoms with Crippen molar-refractivity contribution in [1.82, 2.24) is 10.0 Å². The summed E-state index contributed by atoms with van der Waals surface area (Å²) in [7, 11) is -2.41. The summed E-state index contributed by atoms with van der Waals surface area (Å²) in [6.07, 6.45) is -0.215. The molecule has 0 aromatic heterocycles. The molecule has 1 aromatic rings. The third kappa shape index (κ3) is 5.29. The molecule has 23 heavy (non-hydrogen) atoms. The highest BCUT2D eigenvalue weighted by molar-refractivity contribution is 9.10. The van der Waals surface area contributed by atoms with Gasteiger partial charge in [-0.2, -0.15) is 0 Å². The molecule has 0 spiro atoms. The number of sulfonamides is 1. The van der Waals surface area contributed by atoms with E-state index < -0.39 is 28.0 Å². The highest BCUT2D eigenvalue weighted by Gasteiger charge is 2.22. The van der Waals surface area contributed by atoms with Crippen LogP contribution in [0.3, 0.4) is 0 Å². The molecule has 1 amide bonds. The van der Waals surface area contributed by atoms with Crippen LogP contribution in [0.2, 0.25) is 0 Å². The summed E-state index contributed by atoms with van der Waals surface area (Å²) < 4.78 is 31.2. The first-order valence-corrected chi connectivity index (χ1v) is 9.22. The Morgan fingerprint density at radius 3 is 2.57 bits per heavy atom. The summed E-state index contributed by atoms with van der Waals surface area (Å²) in [5, 5.41) is 2.61. The summed E-state index contributed by atoms with van der Waals surface area (Å²) in [6.45, 7) is 3.84. The SMILES string of the molecule is CCCNC(=O)[C@H](C)OC(=O)c1cc(S(=O)(=O)NC)ccc1Br. The second-order valence-corrected chi connectivity index (χ2v) is 7.43. The zero-order valence-electron chi connectivity index (χ0n) is 13.1. The van der Waals surface area contributed by atoms with Crippen molar-refractivity contribution in [3.8, 4) is 0 Å². The molecule has 7 nitrogen and oxygen atoms in total. The van der Waals surface area contributed by atoms with E-state index in [9.17, 15) is 18.0 Å². The maximum atomic E-state index is 12.2. The monoisotopic (exact) mass is 406 g/mol. The van der Waals surface area contributed by atoms with E-state index in [-0.39, 0.29) is 10.5 Å². The number of halogens is 1. The molecule has 2 N–H and O–H groups in total. The van der Waals surface area contributed by atoms with Gasteiger partial charge in [0.25, 0.3) is 5.91 Å². The van der Waals surface area contributed by atoms with Gasteiger partial charge in [0.2, 0.25) is 10.0 Å². The van der Waals surface area contributed by atoms with E-state index in [4.69, 9.17) is 4.74 Å². The zero-order chi connectivity index (χ0) is 17.6. The van der Waals surface area contributed by atoms with E-state index in [1.807, 2.05) is 6.92 Å². The van der Waals surface area contributed by atoms with Crippen LogP contribution in [0.4, 0.5) is 0 Å². The summed E-state index contributed by atoms with van der Waals surface area (Å²) in [6, 6.07) is 3.97. The van der Waals surface area contributed by atoms with Gasteiger partial charge in [0.15, 0.2) is 6.10 Å². The summed E-state index contributed by atoms with van der Waals surface area (Å²) in [5.74, 6) is -1.19. The Kier molecular flexibility index (Phi) is 7.17. The van der Waals surface area contributed by atoms with E-state index in [1.54, 1.807) is 0 Å². The molecule has 0 fully saturated rings. The molecule has 0 heterocycles. The van der Waals surface area contributed by atoms with Crippen LogP contribution >= 0.6 is 15.9 Å². The normalized spacial score (nSPS) is 12.5. The van der Waals surface area contributed by atoms with Crippen LogP contribution in [-0.4, -0.2) is 40.0 Å². The number of hydrogen-bond acceptors (Lipinski definition) is 5. The van der Waals surface area contributed by atoms with Crippen LogP contribution < -0.4 is 10.0 Å². The van der Waals surface area contributed by atoms with Crippen molar-refractivity contribution in [2.75, 3.05) is 13.6 Å². The van der Waals surface area contributed by atoms with Gasteiger partial charge in [0, 0.05) is 11.0 Å². The van der Waals surface area contributed by atoms with Crippen molar-refractivity contribution in [3.05, 3.63) is 28.2 Å². The number of amides is 1. The molecule has 0 aliphatic carbocycles. The highest BCUT2D eigenvalue weighted by Crippen LogP contribution is 2.22. The number of benzene rings is 1. The number of carbonyl (C=O) groups excluding carboxylic acids is 2. The Hall–Kier alpha value is -1.45. The molecular weight excluding hydrogens is 388 g/mol. The largest absolute Gasteiger partial charge is 0.449 e. The predicted molar refractivity (Wildman–Crippen MR) is 88.6 cm³/mol. The maximum absolute atomic E-state index is 12.2. The van der Waals surface area contributed by atoms with Gasteiger partial charge in [0.1, 0.15) is 0 Å². The molecule has 9 heteroatoms. The van der Waals surface area contributed by atoms with E-state index in [0.717, 1.165) is 6.42 Å². The fourth-order valence-electron chi connectivity index (χ4n) is 1.62. The standard InChI is InChI=1S/C14H19BrN2O5S/c1-4-7-17-13(18)9(2)22-14(19)11-8-10(5-6-12(11)15)23(20,21)16-3/h5-6,8-9,16H,4,7H2,1-3H3,(H,17,18)/t9-/m0/s1. The van der Waals surface area contributed by atoms with Gasteiger partial charge in [-0.15, -0.1) is 0 Å². The molecule has 1 atom stereocenters. The Morgan fingerprint density at radius 1 is 1.35 bits per heavy atom. The molecule has 1 rings (SSSR count). The quantitative estimate of drug-likeness (QED) is 0.666. The Morgan fingerprint density at radius 2 is 2.00 bits per heavy atom. The van der Waals surface area contributed by atoms with Crippen molar-refractivity contribution in [3.63, 3.8) is 0 Å². The molecule has 0 saturated carbocycles.